The van der Waals surface area contributed by atoms with Crippen LogP contribution in [0.25, 0.3) is 22.7 Å². The largest absolute Gasteiger partial charge is 0.462 e. The summed E-state index contributed by atoms with van der Waals surface area (Å²) < 4.78 is 14.8. The van der Waals surface area contributed by atoms with Crippen molar-refractivity contribution in [2.45, 2.75) is 87.0 Å². The standard InChI is InChI=1S/C38H48N6O4/c1-10-23(3)21-47-36(45)30-18-28(19-31(20-30)37(46)48-22-24(4)11-2)17-27-12-14-29(15-13-27)34-39-35-32(43-26(6)16-25(5)40-43)33(38(7,8)9)41-44(35)42-34/h12-16,18-20,23-24,41H,10-11,17,21-22H2,1-9H3. The molecule has 5 aromatic rings. The molecule has 0 amide bonds. The number of nitrogens with zero attached hydrogens (tertiary/aromatic N) is 5. The second-order valence-corrected chi connectivity index (χ2v) is 14.1. The fourth-order valence-electron chi connectivity index (χ4n) is 5.39. The number of fused-ring (bicyclic) bond motifs is 1. The first-order valence-electron chi connectivity index (χ1n) is 16.9. The first kappa shape index (κ1) is 34.6. The molecule has 0 aliphatic rings. The number of rotatable bonds is 12. The highest BCUT2D eigenvalue weighted by Gasteiger charge is 2.28. The van der Waals surface area contributed by atoms with Crippen molar-refractivity contribution in [2.75, 3.05) is 13.2 Å². The summed E-state index contributed by atoms with van der Waals surface area (Å²) in [5.74, 6) is 0.200. The molecule has 0 spiro atoms. The van der Waals surface area contributed by atoms with Crippen LogP contribution in [0.2, 0.25) is 0 Å². The molecule has 254 valence electrons. The van der Waals surface area contributed by atoms with E-state index < -0.39 is 11.9 Å². The molecule has 2 aromatic carbocycles. The van der Waals surface area contributed by atoms with Crippen LogP contribution >= 0.6 is 0 Å². The maximum atomic E-state index is 13.0. The van der Waals surface area contributed by atoms with E-state index in [1.165, 1.54) is 0 Å². The fraction of sp³-hybridized carbons (Fsp3) is 0.447. The van der Waals surface area contributed by atoms with Gasteiger partial charge in [0.25, 0.3) is 0 Å². The highest BCUT2D eigenvalue weighted by Crippen LogP contribution is 2.32. The van der Waals surface area contributed by atoms with E-state index in [4.69, 9.17) is 24.7 Å². The van der Waals surface area contributed by atoms with Gasteiger partial charge in [-0.1, -0.05) is 85.6 Å². The van der Waals surface area contributed by atoms with E-state index in [1.54, 1.807) is 22.8 Å². The molecule has 3 aromatic heterocycles. The molecule has 1 N–H and O–H groups in total. The lowest BCUT2D eigenvalue weighted by molar-refractivity contribution is 0.0444. The molecule has 0 saturated carbocycles. The number of nitrogens with one attached hydrogen (secondary N) is 1. The van der Waals surface area contributed by atoms with Crippen molar-refractivity contribution in [1.29, 1.82) is 0 Å². The summed E-state index contributed by atoms with van der Waals surface area (Å²) in [6.07, 6.45) is 2.32. The SMILES string of the molecule is CCC(C)COC(=O)c1cc(Cc2ccc(-c3nc4c(-n5nc(C)cc5C)c(C(C)(C)C)[nH]n4n3)cc2)cc(C(=O)OCC(C)CC)c1. The summed E-state index contributed by atoms with van der Waals surface area (Å²) in [5.41, 5.74) is 7.74. The van der Waals surface area contributed by atoms with Crippen LogP contribution in [0.1, 0.15) is 110 Å². The summed E-state index contributed by atoms with van der Waals surface area (Å²) in [5, 5.41) is 13.0. The smallest absolute Gasteiger partial charge is 0.338 e. The highest BCUT2D eigenvalue weighted by atomic mass is 16.5. The second-order valence-electron chi connectivity index (χ2n) is 14.1. The molecule has 10 nitrogen and oxygen atoms in total. The Morgan fingerprint density at radius 1 is 0.833 bits per heavy atom. The lowest BCUT2D eigenvalue weighted by Gasteiger charge is -2.18. The Balaban J connectivity index is 1.42. The Labute approximate surface area is 282 Å². The van der Waals surface area contributed by atoms with Crippen LogP contribution in [0, 0.1) is 25.7 Å². The number of esters is 2. The van der Waals surface area contributed by atoms with Crippen molar-refractivity contribution >= 4 is 17.6 Å². The van der Waals surface area contributed by atoms with Crippen molar-refractivity contribution in [2.24, 2.45) is 11.8 Å². The molecule has 0 bridgehead atoms. The Bertz CT molecular complexity index is 1860. The number of hydrogen-bond acceptors (Lipinski definition) is 7. The van der Waals surface area contributed by atoms with Gasteiger partial charge < -0.3 is 9.47 Å². The fourth-order valence-corrected chi connectivity index (χ4v) is 5.39. The van der Waals surface area contributed by atoms with Crippen molar-refractivity contribution in [1.82, 2.24) is 29.6 Å². The van der Waals surface area contributed by atoms with Gasteiger partial charge in [-0.2, -0.15) is 9.73 Å². The Morgan fingerprint density at radius 3 is 1.92 bits per heavy atom. The molecular formula is C38H48N6O4. The van der Waals surface area contributed by atoms with Crippen LogP contribution in [0.15, 0.2) is 48.5 Å². The van der Waals surface area contributed by atoms with E-state index in [2.05, 4.69) is 45.8 Å². The van der Waals surface area contributed by atoms with Gasteiger partial charge in [0, 0.05) is 16.7 Å². The summed E-state index contributed by atoms with van der Waals surface area (Å²) >= 11 is 0. The summed E-state index contributed by atoms with van der Waals surface area (Å²) in [6, 6.07) is 15.2. The summed E-state index contributed by atoms with van der Waals surface area (Å²) in [4.78, 5) is 31.0. The maximum absolute atomic E-state index is 13.0. The Kier molecular flexibility index (Phi) is 10.2. The predicted octanol–water partition coefficient (Wildman–Crippen LogP) is 7.82. The molecule has 3 heterocycles. The van der Waals surface area contributed by atoms with Crippen LogP contribution in [0.5, 0.6) is 0 Å². The minimum absolute atomic E-state index is 0.182. The molecule has 2 atom stereocenters. The molecule has 0 aliphatic carbocycles. The van der Waals surface area contributed by atoms with Crippen LogP contribution in [0.4, 0.5) is 0 Å². The number of hydrogen-bond donors (Lipinski definition) is 1. The van der Waals surface area contributed by atoms with E-state index in [0.29, 0.717) is 42.2 Å². The monoisotopic (exact) mass is 652 g/mol. The minimum Gasteiger partial charge on any atom is -0.462 e. The first-order valence-corrected chi connectivity index (χ1v) is 16.9. The van der Waals surface area contributed by atoms with Crippen molar-refractivity contribution in [3.05, 3.63) is 87.9 Å². The van der Waals surface area contributed by atoms with Gasteiger partial charge >= 0.3 is 11.9 Å². The number of aromatic amines is 1. The van der Waals surface area contributed by atoms with Gasteiger partial charge in [0.15, 0.2) is 5.82 Å². The van der Waals surface area contributed by atoms with E-state index >= 15 is 0 Å². The number of aryl methyl sites for hydroxylation is 2. The van der Waals surface area contributed by atoms with Crippen LogP contribution < -0.4 is 0 Å². The molecule has 0 radical (unpaired) electrons. The second kappa shape index (κ2) is 14.2. The average Bonchev–Trinajstić information content (AvgIpc) is 3.73. The maximum Gasteiger partial charge on any atom is 0.338 e. The van der Waals surface area contributed by atoms with Gasteiger partial charge in [-0.05, 0) is 67.5 Å². The average molecular weight is 653 g/mol. The summed E-state index contributed by atoms with van der Waals surface area (Å²) in [6.45, 7) is 19.3. The van der Waals surface area contributed by atoms with E-state index in [0.717, 1.165) is 52.3 Å². The van der Waals surface area contributed by atoms with E-state index in [-0.39, 0.29) is 17.3 Å². The third-order valence-corrected chi connectivity index (χ3v) is 8.72. The Hall–Kier alpha value is -4.73. The molecular weight excluding hydrogens is 604 g/mol. The predicted molar refractivity (Wildman–Crippen MR) is 187 cm³/mol. The van der Waals surface area contributed by atoms with Gasteiger partial charge in [0.1, 0.15) is 5.69 Å². The number of H-pyrrole nitrogens is 1. The van der Waals surface area contributed by atoms with Crippen LogP contribution in [0.3, 0.4) is 0 Å². The lowest BCUT2D eigenvalue weighted by Crippen LogP contribution is -2.16. The summed E-state index contributed by atoms with van der Waals surface area (Å²) in [7, 11) is 0. The van der Waals surface area contributed by atoms with E-state index in [1.807, 2.05) is 56.6 Å². The normalized spacial score (nSPS) is 13.1. The molecule has 0 fully saturated rings. The van der Waals surface area contributed by atoms with Gasteiger partial charge in [0.05, 0.1) is 35.7 Å². The minimum atomic E-state index is -0.445. The molecule has 10 heteroatoms. The zero-order valence-corrected chi connectivity index (χ0v) is 29.7. The Morgan fingerprint density at radius 2 is 1.42 bits per heavy atom. The third-order valence-electron chi connectivity index (χ3n) is 8.72. The molecule has 0 saturated heterocycles. The van der Waals surface area contributed by atoms with Crippen molar-refractivity contribution in [3.63, 3.8) is 0 Å². The highest BCUT2D eigenvalue weighted by molar-refractivity contribution is 5.95. The number of carbonyl (C=O) groups excluding carboxylic acids is 2. The molecule has 2 unspecified atom stereocenters. The third kappa shape index (κ3) is 7.69. The zero-order valence-electron chi connectivity index (χ0n) is 29.7. The lowest BCUT2D eigenvalue weighted by atomic mass is 9.91. The molecule has 5 rings (SSSR count). The zero-order chi connectivity index (χ0) is 34.7. The van der Waals surface area contributed by atoms with Gasteiger partial charge in [0.2, 0.25) is 5.65 Å². The molecule has 0 aliphatic heterocycles. The number of carbonyl (C=O) groups is 2. The van der Waals surface area contributed by atoms with E-state index in [9.17, 15) is 9.59 Å². The number of ether oxygens (including phenoxy) is 2. The first-order chi connectivity index (χ1) is 22.8. The van der Waals surface area contributed by atoms with Gasteiger partial charge in [-0.3, -0.25) is 5.10 Å². The molecule has 48 heavy (non-hydrogen) atoms. The van der Waals surface area contributed by atoms with Gasteiger partial charge in [-0.25, -0.2) is 19.3 Å². The van der Waals surface area contributed by atoms with Crippen LogP contribution in [-0.2, 0) is 21.3 Å². The van der Waals surface area contributed by atoms with Crippen LogP contribution in [-0.4, -0.2) is 54.7 Å². The number of benzene rings is 2. The topological polar surface area (TPSA) is 116 Å². The van der Waals surface area contributed by atoms with Crippen molar-refractivity contribution < 1.29 is 19.1 Å². The van der Waals surface area contributed by atoms with Crippen molar-refractivity contribution in [3.8, 4) is 17.1 Å². The quantitative estimate of drug-likeness (QED) is 0.137. The number of aromatic nitrogens is 6. The van der Waals surface area contributed by atoms with Gasteiger partial charge in [-0.15, -0.1) is 5.10 Å².